The molecule has 0 amide bonds. The van der Waals surface area contributed by atoms with Crippen molar-refractivity contribution >= 4 is 11.2 Å². The molecule has 3 rings (SSSR count). The molecule has 1 aromatic carbocycles. The van der Waals surface area contributed by atoms with Crippen molar-refractivity contribution in [1.29, 1.82) is 0 Å². The topological polar surface area (TPSA) is 56.7 Å². The van der Waals surface area contributed by atoms with E-state index in [2.05, 4.69) is 9.97 Å². The largest absolute Gasteiger partial charge is 0.330 e. The van der Waals surface area contributed by atoms with Gasteiger partial charge in [0.1, 0.15) is 17.2 Å². The third-order valence-corrected chi connectivity index (χ3v) is 3.24. The Balaban J connectivity index is 2.09. The van der Waals surface area contributed by atoms with Crippen molar-refractivity contribution in [1.82, 2.24) is 14.5 Å². The summed E-state index contributed by atoms with van der Waals surface area (Å²) in [6.07, 6.45) is 2.36. The predicted molar refractivity (Wildman–Crippen MR) is 75.8 cm³/mol. The minimum Gasteiger partial charge on any atom is -0.330 e. The summed E-state index contributed by atoms with van der Waals surface area (Å²) in [7, 11) is 0. The van der Waals surface area contributed by atoms with E-state index in [-0.39, 0.29) is 5.82 Å². The zero-order valence-electron chi connectivity index (χ0n) is 11.0. The van der Waals surface area contributed by atoms with Crippen LogP contribution in [0.5, 0.6) is 0 Å². The fraction of sp³-hybridized carbons (Fsp3) is 0.200. The first kappa shape index (κ1) is 12.7. The molecule has 0 radical (unpaired) electrons. The summed E-state index contributed by atoms with van der Waals surface area (Å²) in [4.78, 5) is 8.87. The molecule has 0 fully saturated rings. The number of halogens is 1. The molecular formula is C15H15FN4. The first-order valence-electron chi connectivity index (χ1n) is 6.53. The van der Waals surface area contributed by atoms with Crippen LogP contribution in [0.4, 0.5) is 4.39 Å². The number of hydrogen-bond acceptors (Lipinski definition) is 3. The van der Waals surface area contributed by atoms with Crippen LogP contribution in [0, 0.1) is 5.82 Å². The molecule has 102 valence electrons. The number of aromatic nitrogens is 3. The van der Waals surface area contributed by atoms with Crippen molar-refractivity contribution < 1.29 is 4.39 Å². The zero-order valence-corrected chi connectivity index (χ0v) is 11.0. The third kappa shape index (κ3) is 2.28. The van der Waals surface area contributed by atoms with Gasteiger partial charge in [0.2, 0.25) is 0 Å². The van der Waals surface area contributed by atoms with E-state index in [1.165, 1.54) is 6.07 Å². The number of benzene rings is 1. The molecule has 0 unspecified atom stereocenters. The van der Waals surface area contributed by atoms with E-state index >= 15 is 0 Å². The first-order valence-corrected chi connectivity index (χ1v) is 6.53. The van der Waals surface area contributed by atoms with Crippen LogP contribution in [0.2, 0.25) is 0 Å². The Bertz CT molecular complexity index is 736. The highest BCUT2D eigenvalue weighted by Gasteiger charge is 2.12. The maximum atomic E-state index is 13.8. The molecule has 4 nitrogen and oxygen atoms in total. The van der Waals surface area contributed by atoms with Crippen molar-refractivity contribution in [2.24, 2.45) is 5.73 Å². The summed E-state index contributed by atoms with van der Waals surface area (Å²) in [5.74, 6) is 0.619. The van der Waals surface area contributed by atoms with E-state index in [0.29, 0.717) is 25.1 Å². The van der Waals surface area contributed by atoms with Gasteiger partial charge >= 0.3 is 0 Å². The number of nitrogens with zero attached hydrogens (tertiary/aromatic N) is 3. The molecule has 20 heavy (non-hydrogen) atoms. The van der Waals surface area contributed by atoms with Gasteiger partial charge in [-0.25, -0.2) is 14.4 Å². The van der Waals surface area contributed by atoms with E-state index < -0.39 is 0 Å². The molecule has 3 aromatic rings. The fourth-order valence-electron chi connectivity index (χ4n) is 2.29. The van der Waals surface area contributed by atoms with Crippen LogP contribution >= 0.6 is 0 Å². The van der Waals surface area contributed by atoms with Crippen molar-refractivity contribution in [2.45, 2.75) is 13.0 Å². The quantitative estimate of drug-likeness (QED) is 0.790. The lowest BCUT2D eigenvalue weighted by Gasteiger charge is -2.09. The van der Waals surface area contributed by atoms with Gasteiger partial charge in [0.05, 0.1) is 6.54 Å². The number of fused-ring (bicyclic) bond motifs is 1. The van der Waals surface area contributed by atoms with Gasteiger partial charge in [-0.1, -0.05) is 18.2 Å². The van der Waals surface area contributed by atoms with Gasteiger partial charge in [-0.2, -0.15) is 0 Å². The molecule has 0 aliphatic carbocycles. The molecule has 2 heterocycles. The smallest absolute Gasteiger partial charge is 0.160 e. The third-order valence-electron chi connectivity index (χ3n) is 3.24. The molecule has 0 saturated heterocycles. The summed E-state index contributed by atoms with van der Waals surface area (Å²) in [5, 5.41) is 0. The standard InChI is InChI=1S/C15H15FN4/c16-12-5-2-1-4-11(12)10-20-14(7-8-17)19-13-6-3-9-18-15(13)20/h1-6,9H,7-8,10,17H2. The molecule has 2 N–H and O–H groups in total. The molecule has 0 aliphatic heterocycles. The Morgan fingerprint density at radius 2 is 2.00 bits per heavy atom. The van der Waals surface area contributed by atoms with Gasteiger partial charge < -0.3 is 10.3 Å². The molecule has 0 saturated carbocycles. The van der Waals surface area contributed by atoms with Crippen molar-refractivity contribution in [3.05, 3.63) is 59.8 Å². The van der Waals surface area contributed by atoms with Gasteiger partial charge in [-0.05, 0) is 24.7 Å². The monoisotopic (exact) mass is 270 g/mol. The molecule has 0 bridgehead atoms. The summed E-state index contributed by atoms with van der Waals surface area (Å²) in [6.45, 7) is 0.913. The zero-order chi connectivity index (χ0) is 13.9. The Labute approximate surface area is 116 Å². The number of pyridine rings is 1. The Kier molecular flexibility index (Phi) is 3.43. The second-order valence-electron chi connectivity index (χ2n) is 4.59. The minimum absolute atomic E-state index is 0.219. The SMILES string of the molecule is NCCc1nc2cccnc2n1Cc1ccccc1F. The Hall–Kier alpha value is -2.27. The molecular weight excluding hydrogens is 255 g/mol. The normalized spacial score (nSPS) is 11.1. The van der Waals surface area contributed by atoms with Gasteiger partial charge in [0.25, 0.3) is 0 Å². The first-order chi connectivity index (χ1) is 9.79. The molecule has 0 atom stereocenters. The molecule has 2 aromatic heterocycles. The lowest BCUT2D eigenvalue weighted by atomic mass is 10.2. The number of nitrogens with two attached hydrogens (primary N) is 1. The van der Waals surface area contributed by atoms with Crippen LogP contribution in [-0.2, 0) is 13.0 Å². The van der Waals surface area contributed by atoms with E-state index in [1.807, 2.05) is 22.8 Å². The second-order valence-corrected chi connectivity index (χ2v) is 4.59. The molecule has 0 aliphatic rings. The summed E-state index contributed by atoms with van der Waals surface area (Å²) in [5.41, 5.74) is 7.82. The summed E-state index contributed by atoms with van der Waals surface area (Å²) >= 11 is 0. The lowest BCUT2D eigenvalue weighted by molar-refractivity contribution is 0.596. The van der Waals surface area contributed by atoms with E-state index in [0.717, 1.165) is 17.0 Å². The highest BCUT2D eigenvalue weighted by atomic mass is 19.1. The van der Waals surface area contributed by atoms with Crippen molar-refractivity contribution in [3.8, 4) is 0 Å². The van der Waals surface area contributed by atoms with Crippen LogP contribution < -0.4 is 5.73 Å². The number of rotatable bonds is 4. The number of hydrogen-bond donors (Lipinski definition) is 1. The van der Waals surface area contributed by atoms with Crippen LogP contribution in [-0.4, -0.2) is 21.1 Å². The summed E-state index contributed by atoms with van der Waals surface area (Å²) in [6, 6.07) is 10.5. The maximum Gasteiger partial charge on any atom is 0.160 e. The highest BCUT2D eigenvalue weighted by Crippen LogP contribution is 2.17. The second kappa shape index (κ2) is 5.38. The van der Waals surface area contributed by atoms with Crippen LogP contribution in [0.25, 0.3) is 11.2 Å². The minimum atomic E-state index is -0.219. The highest BCUT2D eigenvalue weighted by molar-refractivity contribution is 5.71. The van der Waals surface area contributed by atoms with Crippen molar-refractivity contribution in [2.75, 3.05) is 6.54 Å². The lowest BCUT2D eigenvalue weighted by Crippen LogP contribution is -2.11. The van der Waals surface area contributed by atoms with Gasteiger partial charge in [-0.15, -0.1) is 0 Å². The van der Waals surface area contributed by atoms with Gasteiger partial charge in [0, 0.05) is 18.2 Å². The van der Waals surface area contributed by atoms with Gasteiger partial charge in [-0.3, -0.25) is 0 Å². The Morgan fingerprint density at radius 3 is 2.80 bits per heavy atom. The molecule has 0 spiro atoms. The number of imidazole rings is 1. The summed E-state index contributed by atoms with van der Waals surface area (Å²) < 4.78 is 15.8. The van der Waals surface area contributed by atoms with E-state index in [4.69, 9.17) is 5.73 Å². The molecule has 5 heteroatoms. The van der Waals surface area contributed by atoms with Crippen LogP contribution in [0.3, 0.4) is 0 Å². The fourth-order valence-corrected chi connectivity index (χ4v) is 2.29. The van der Waals surface area contributed by atoms with Gasteiger partial charge in [0.15, 0.2) is 5.65 Å². The van der Waals surface area contributed by atoms with E-state index in [1.54, 1.807) is 18.3 Å². The van der Waals surface area contributed by atoms with E-state index in [9.17, 15) is 4.39 Å². The van der Waals surface area contributed by atoms with Crippen molar-refractivity contribution in [3.63, 3.8) is 0 Å². The average molecular weight is 270 g/mol. The predicted octanol–water partition coefficient (Wildman–Crippen LogP) is 2.12. The van der Waals surface area contributed by atoms with Crippen LogP contribution in [0.15, 0.2) is 42.6 Å². The average Bonchev–Trinajstić information content (AvgIpc) is 2.80. The Morgan fingerprint density at radius 1 is 1.15 bits per heavy atom. The maximum absolute atomic E-state index is 13.8. The van der Waals surface area contributed by atoms with Crippen LogP contribution in [0.1, 0.15) is 11.4 Å².